The van der Waals surface area contributed by atoms with E-state index in [-0.39, 0.29) is 42.3 Å². The molecular formula is C46H51F2N9O6S. The number of carbonyl (C=O) groups excluding carboxylic acids is 5. The number of morpholine rings is 1. The molecule has 1 unspecified atom stereocenters. The molecule has 18 heteroatoms. The second-order valence-corrected chi connectivity index (χ2v) is 20.0. The van der Waals surface area contributed by atoms with Crippen LogP contribution < -0.4 is 20.9 Å². The number of piperidine rings is 2. The van der Waals surface area contributed by atoms with Crippen LogP contribution in [0.5, 0.6) is 0 Å². The van der Waals surface area contributed by atoms with Gasteiger partial charge in [-0.25, -0.2) is 13.8 Å². The second-order valence-electron chi connectivity index (χ2n) is 19.1. The number of hydrogen-bond acceptors (Lipinski definition) is 12. The molecule has 1 spiro atoms. The van der Waals surface area contributed by atoms with Crippen molar-refractivity contribution in [2.24, 2.45) is 17.3 Å². The van der Waals surface area contributed by atoms with Crippen molar-refractivity contribution in [2.45, 2.75) is 101 Å². The van der Waals surface area contributed by atoms with E-state index in [0.29, 0.717) is 52.7 Å². The van der Waals surface area contributed by atoms with Crippen molar-refractivity contribution in [3.8, 4) is 0 Å². The number of amides is 5. The lowest BCUT2D eigenvalue weighted by Gasteiger charge is -2.53. The molecule has 4 aromatic rings. The summed E-state index contributed by atoms with van der Waals surface area (Å²) in [6, 6.07) is 8.37. The molecule has 2 aliphatic carbocycles. The lowest BCUT2D eigenvalue weighted by molar-refractivity contribution is -0.136. The van der Waals surface area contributed by atoms with Crippen molar-refractivity contribution < 1.29 is 37.5 Å². The Hall–Kier alpha value is -5.33. The van der Waals surface area contributed by atoms with Gasteiger partial charge in [-0.3, -0.25) is 38.9 Å². The van der Waals surface area contributed by atoms with Gasteiger partial charge in [0.1, 0.15) is 11.9 Å². The first-order chi connectivity index (χ1) is 31.0. The predicted molar refractivity (Wildman–Crippen MR) is 234 cm³/mol. The Labute approximate surface area is 372 Å². The first-order valence-electron chi connectivity index (χ1n) is 22.7. The molecule has 3 N–H and O–H groups in total. The van der Waals surface area contributed by atoms with Crippen LogP contribution in [0.1, 0.15) is 120 Å². The third-order valence-electron chi connectivity index (χ3n) is 15.2. The highest BCUT2D eigenvalue weighted by molar-refractivity contribution is 7.17. The number of alkyl halides is 2. The predicted octanol–water partition coefficient (Wildman–Crippen LogP) is 6.40. The Morgan fingerprint density at radius 1 is 0.969 bits per heavy atom. The molecule has 4 saturated heterocycles. The average Bonchev–Trinajstić information content (AvgIpc) is 4.13. The summed E-state index contributed by atoms with van der Waals surface area (Å²) >= 11 is 1.41. The van der Waals surface area contributed by atoms with Crippen LogP contribution >= 0.6 is 11.3 Å². The molecule has 15 nitrogen and oxygen atoms in total. The molecule has 5 aliphatic heterocycles. The number of aromatic nitrogens is 3. The van der Waals surface area contributed by atoms with Gasteiger partial charge < -0.3 is 25.2 Å². The Morgan fingerprint density at radius 3 is 2.52 bits per heavy atom. The van der Waals surface area contributed by atoms with E-state index in [0.717, 1.165) is 99.4 Å². The molecule has 7 aliphatic rings. The quantitative estimate of drug-likeness (QED) is 0.143. The Morgan fingerprint density at radius 2 is 1.78 bits per heavy atom. The number of anilines is 3. The maximum absolute atomic E-state index is 14.3. The Bertz CT molecular complexity index is 2540. The van der Waals surface area contributed by atoms with Crippen LogP contribution in [0, 0.1) is 17.3 Å². The number of hydrogen-bond donors (Lipinski definition) is 3. The smallest absolute Gasteiger partial charge is 0.284 e. The van der Waals surface area contributed by atoms with Crippen molar-refractivity contribution in [3.05, 3.63) is 64.3 Å². The monoisotopic (exact) mass is 895 g/mol. The van der Waals surface area contributed by atoms with Crippen LogP contribution in [0.2, 0.25) is 0 Å². The van der Waals surface area contributed by atoms with E-state index >= 15 is 0 Å². The van der Waals surface area contributed by atoms with Gasteiger partial charge in [-0.1, -0.05) is 6.07 Å². The zero-order valence-electron chi connectivity index (χ0n) is 35.4. The van der Waals surface area contributed by atoms with Crippen LogP contribution in [0.15, 0.2) is 41.9 Å². The van der Waals surface area contributed by atoms with Gasteiger partial charge in [0.25, 0.3) is 24.1 Å². The zero-order valence-corrected chi connectivity index (χ0v) is 36.2. The highest BCUT2D eigenvalue weighted by Crippen LogP contribution is 2.53. The van der Waals surface area contributed by atoms with Gasteiger partial charge in [-0.05, 0) is 119 Å². The summed E-state index contributed by atoms with van der Waals surface area (Å²) < 4.78 is 36.9. The summed E-state index contributed by atoms with van der Waals surface area (Å²) in [5.41, 5.74) is 2.04. The molecule has 3 atom stereocenters. The van der Waals surface area contributed by atoms with Crippen LogP contribution in [0.4, 0.5) is 26.0 Å². The zero-order chi connectivity index (χ0) is 43.9. The fourth-order valence-electron chi connectivity index (χ4n) is 11.7. The van der Waals surface area contributed by atoms with Gasteiger partial charge in [0.05, 0.1) is 57.4 Å². The summed E-state index contributed by atoms with van der Waals surface area (Å²) in [5, 5.41) is 14.5. The average molecular weight is 896 g/mol. The standard InChI is InChI=1S/C46H51F2N9O6S/c47-41(48)40-33(50-42(59)31-24-64-35-9-10-36(51-39(31)35)55-21-29-16-28(55)23-63-29)22-56(53-40)27-6-4-25(5-7-27)20-54-14-12-46(13-15-54)17-26(18-46)19-49-32-3-1-2-30-38(32)45(62)57(44(30)61)34-8-11-37(58)52-43(34)60/h1-3,9-10,22,24-29,34,41,49H,4-8,11-21,23H2,(H,50,59)(H,52,58,60)/t25?,27?,28-,29-,34?/m1/s1. The molecule has 64 heavy (non-hydrogen) atoms. The summed E-state index contributed by atoms with van der Waals surface area (Å²) in [7, 11) is 0. The van der Waals surface area contributed by atoms with Crippen molar-refractivity contribution in [1.82, 2.24) is 29.9 Å². The number of pyridine rings is 1. The molecule has 2 bridgehead atoms. The largest absolute Gasteiger partial charge is 0.384 e. The molecule has 5 amide bonds. The highest BCUT2D eigenvalue weighted by Gasteiger charge is 2.48. The molecule has 1 aromatic carbocycles. The van der Waals surface area contributed by atoms with Crippen molar-refractivity contribution >= 4 is 68.3 Å². The topological polar surface area (TPSA) is 171 Å². The summed E-state index contributed by atoms with van der Waals surface area (Å²) in [5.74, 6) is -0.733. The molecule has 6 fully saturated rings. The van der Waals surface area contributed by atoms with Crippen LogP contribution in [-0.2, 0) is 14.3 Å². The third kappa shape index (κ3) is 7.44. The molecule has 8 heterocycles. The van der Waals surface area contributed by atoms with Gasteiger partial charge in [-0.2, -0.15) is 5.10 Å². The molecule has 336 valence electrons. The first kappa shape index (κ1) is 41.4. The van der Waals surface area contributed by atoms with Gasteiger partial charge in [0.15, 0.2) is 5.69 Å². The van der Waals surface area contributed by atoms with Gasteiger partial charge in [0.2, 0.25) is 11.8 Å². The van der Waals surface area contributed by atoms with E-state index < -0.39 is 47.7 Å². The third-order valence-corrected chi connectivity index (χ3v) is 16.1. The van der Waals surface area contributed by atoms with E-state index in [1.165, 1.54) is 11.3 Å². The Kier molecular flexibility index (Phi) is 10.5. The fourth-order valence-corrected chi connectivity index (χ4v) is 12.6. The van der Waals surface area contributed by atoms with Crippen molar-refractivity contribution in [3.63, 3.8) is 0 Å². The minimum absolute atomic E-state index is 0.0182. The molecule has 11 rings (SSSR count). The summed E-state index contributed by atoms with van der Waals surface area (Å²) in [6.07, 6.45) is 8.22. The van der Waals surface area contributed by atoms with E-state index in [4.69, 9.17) is 9.72 Å². The number of rotatable bonds is 11. The maximum atomic E-state index is 14.3. The first-order valence-corrected chi connectivity index (χ1v) is 23.6. The number of halogens is 2. The lowest BCUT2D eigenvalue weighted by atomic mass is 9.57. The number of imide groups is 2. The second kappa shape index (κ2) is 16.3. The number of carbonyl (C=O) groups is 5. The van der Waals surface area contributed by atoms with Gasteiger partial charge >= 0.3 is 0 Å². The molecule has 2 saturated carbocycles. The molecule has 0 radical (unpaired) electrons. The van der Waals surface area contributed by atoms with Crippen LogP contribution in [0.3, 0.4) is 0 Å². The number of benzene rings is 1. The number of nitrogens with one attached hydrogen (secondary N) is 3. The maximum Gasteiger partial charge on any atom is 0.284 e. The summed E-state index contributed by atoms with van der Waals surface area (Å²) in [6.45, 7) is 5.24. The normalized spacial score (nSPS) is 26.9. The minimum atomic E-state index is -2.84. The van der Waals surface area contributed by atoms with Gasteiger partial charge in [0, 0.05) is 43.3 Å². The molecule has 3 aromatic heterocycles. The SMILES string of the molecule is O=C1CCC(N2C(=O)c3cccc(NCC4CC5(CCN(CC6CCC(n7cc(NC(=O)c8csc9ccc(N%10C[C@H]%11C[C@@H]%10CO%11)nc89)c(C(F)F)n7)CC6)CC5)C4)c3C2=O)C(=O)N1. The van der Waals surface area contributed by atoms with E-state index in [1.807, 2.05) is 12.1 Å². The number of fused-ring (bicyclic) bond motifs is 4. The van der Waals surface area contributed by atoms with Crippen LogP contribution in [0.25, 0.3) is 10.2 Å². The van der Waals surface area contributed by atoms with E-state index in [9.17, 15) is 32.8 Å². The van der Waals surface area contributed by atoms with Crippen molar-refractivity contribution in [1.29, 1.82) is 0 Å². The fraction of sp³-hybridized carbons (Fsp3) is 0.543. The number of nitrogens with zero attached hydrogens (tertiary/aromatic N) is 6. The number of thiophene rings is 1. The number of ether oxygens (including phenoxy) is 1. The Balaban J connectivity index is 0.645. The van der Waals surface area contributed by atoms with E-state index in [1.54, 1.807) is 34.5 Å². The minimum Gasteiger partial charge on any atom is -0.384 e. The summed E-state index contributed by atoms with van der Waals surface area (Å²) in [4.78, 5) is 75.2. The van der Waals surface area contributed by atoms with Crippen LogP contribution in [-0.4, -0.2) is 112 Å². The van der Waals surface area contributed by atoms with Gasteiger partial charge in [-0.15, -0.1) is 11.3 Å². The molecular weight excluding hydrogens is 845 g/mol. The lowest BCUT2D eigenvalue weighted by Crippen LogP contribution is -2.54. The van der Waals surface area contributed by atoms with Crippen molar-refractivity contribution in [2.75, 3.05) is 54.9 Å². The highest BCUT2D eigenvalue weighted by atomic mass is 32.1. The van der Waals surface area contributed by atoms with E-state index in [2.05, 4.69) is 30.8 Å². The number of likely N-dealkylation sites (tertiary alicyclic amines) is 1.